The molecule has 0 saturated heterocycles. The minimum absolute atomic E-state index is 0. The average Bonchev–Trinajstić information content (AvgIpc) is 2.90. The van der Waals surface area contributed by atoms with Crippen LogP contribution in [0.1, 0.15) is 83.7 Å². The third kappa shape index (κ3) is 9.08. The zero-order valence-corrected chi connectivity index (χ0v) is 29.4. The topological polar surface area (TPSA) is 101 Å². The molecule has 1 unspecified atom stereocenters. The van der Waals surface area contributed by atoms with Gasteiger partial charge in [-0.1, -0.05) is 57.9 Å². The van der Waals surface area contributed by atoms with Crippen molar-refractivity contribution in [1.29, 1.82) is 0 Å². The first-order valence-corrected chi connectivity index (χ1v) is 16.4. The van der Waals surface area contributed by atoms with Crippen LogP contribution in [0.25, 0.3) is 11.3 Å². The van der Waals surface area contributed by atoms with Crippen LogP contribution in [0, 0.1) is 31.1 Å². The predicted molar refractivity (Wildman–Crippen MR) is 174 cm³/mol. The van der Waals surface area contributed by atoms with Gasteiger partial charge in [-0.2, -0.15) is 25.3 Å². The molecule has 10 heteroatoms. The van der Waals surface area contributed by atoms with Gasteiger partial charge < -0.3 is 15.6 Å². The van der Waals surface area contributed by atoms with Crippen molar-refractivity contribution in [3.05, 3.63) is 71.1 Å². The molecule has 0 fully saturated rings. The molecule has 1 aliphatic heterocycles. The van der Waals surface area contributed by atoms with Gasteiger partial charge in [0, 0.05) is 43.7 Å². The minimum Gasteiger partial charge on any atom is -0.475 e. The summed E-state index contributed by atoms with van der Waals surface area (Å²) in [6.07, 6.45) is 2.47. The monoisotopic (exact) mass is 658 g/mol. The molecule has 2 aromatic carbocycles. The summed E-state index contributed by atoms with van der Waals surface area (Å²) in [6, 6.07) is 13.6. The molecule has 4 rings (SSSR count). The molecule has 3 aromatic rings. The van der Waals surface area contributed by atoms with Crippen LogP contribution in [0.4, 0.5) is 5.95 Å². The Bertz CT molecular complexity index is 1560. The fourth-order valence-corrected chi connectivity index (χ4v) is 6.78. The Morgan fingerprint density at radius 2 is 1.75 bits per heavy atom. The van der Waals surface area contributed by atoms with Crippen molar-refractivity contribution in [3.8, 4) is 17.1 Å². The second-order valence-electron chi connectivity index (χ2n) is 13.3. The first-order chi connectivity index (χ1) is 20.1. The van der Waals surface area contributed by atoms with E-state index in [-0.39, 0.29) is 60.7 Å². The summed E-state index contributed by atoms with van der Waals surface area (Å²) < 4.78 is 36.0. The van der Waals surface area contributed by atoms with Gasteiger partial charge in [-0.25, -0.2) is 18.1 Å². The van der Waals surface area contributed by atoms with E-state index >= 15 is 0 Å². The largest absolute Gasteiger partial charge is 0.475 e. The first-order valence-electron chi connectivity index (χ1n) is 14.9. The Morgan fingerprint density at radius 1 is 1.09 bits per heavy atom. The number of carbonyl (C=O) groups excluding carboxylic acids is 1. The van der Waals surface area contributed by atoms with Crippen LogP contribution < -0.4 is 9.46 Å². The Labute approximate surface area is 276 Å². The standard InChI is InChI=1S/C34H45N4O4S.V.H2/c1-22(2)17-23(3)15-16-38-27(20-34(6,7)8)21-42-30-19-29(31-24(4)11-9-12-25(31)5)35-33(36-30)37-43(40,41)28-14-10-13-26(18-28)32(38)39;;/h9-14,18-19,23,27H,15-17,20-21H2,1-8H3,(H,35,36,37);;1H/q-1;;/t23?,27-;;/m1../s1. The van der Waals surface area contributed by atoms with Crippen LogP contribution in [0.3, 0.4) is 0 Å². The summed E-state index contributed by atoms with van der Waals surface area (Å²) in [5.41, 5.74) is 3.66. The van der Waals surface area contributed by atoms with Gasteiger partial charge in [0.05, 0.1) is 16.6 Å². The maximum Gasteiger partial charge on any atom is 0.264 e. The Kier molecular flexibility index (Phi) is 11.7. The van der Waals surface area contributed by atoms with Gasteiger partial charge in [0.25, 0.3) is 15.9 Å². The van der Waals surface area contributed by atoms with E-state index in [4.69, 9.17) is 4.74 Å². The third-order valence-corrected chi connectivity index (χ3v) is 8.98. The average molecular weight is 659 g/mol. The van der Waals surface area contributed by atoms with E-state index in [1.54, 1.807) is 18.2 Å². The summed E-state index contributed by atoms with van der Waals surface area (Å²) in [5.74, 6) is 1.68. The molecule has 1 aliphatic rings. The molecular weight excluding hydrogens is 611 g/mol. The van der Waals surface area contributed by atoms with Gasteiger partial charge in [0.2, 0.25) is 11.8 Å². The Morgan fingerprint density at radius 3 is 2.39 bits per heavy atom. The molecule has 2 atom stereocenters. The molecule has 1 aromatic heterocycles. The van der Waals surface area contributed by atoms with E-state index in [2.05, 4.69) is 56.2 Å². The van der Waals surface area contributed by atoms with Crippen LogP contribution in [-0.2, 0) is 28.6 Å². The fourth-order valence-electron chi connectivity index (χ4n) is 5.79. The zero-order chi connectivity index (χ0) is 31.5. The number of hydrogen-bond donors (Lipinski definition) is 1. The SMILES string of the molecule is Cc1cccc(C)c1-c1cc2nc(n1)NS(=O)(=O)c1cccc(c1)C(=O)N(CCC(C)C[C-](C)C)[C@H](CC(C)(C)C)CO2.[HH].[V]. The van der Waals surface area contributed by atoms with Crippen molar-refractivity contribution in [3.63, 3.8) is 0 Å². The van der Waals surface area contributed by atoms with E-state index in [0.29, 0.717) is 30.1 Å². The van der Waals surface area contributed by atoms with Crippen LogP contribution in [0.2, 0.25) is 0 Å². The number of aryl methyl sites for hydroxylation is 2. The summed E-state index contributed by atoms with van der Waals surface area (Å²) in [6.45, 7) is 17.6. The van der Waals surface area contributed by atoms with Gasteiger partial charge in [-0.15, -0.1) is 0 Å². The zero-order valence-electron chi connectivity index (χ0n) is 27.1. The van der Waals surface area contributed by atoms with Crippen molar-refractivity contribution >= 4 is 21.9 Å². The van der Waals surface area contributed by atoms with Crippen molar-refractivity contribution < 1.29 is 37.9 Å². The molecule has 2 heterocycles. The van der Waals surface area contributed by atoms with E-state index in [9.17, 15) is 13.2 Å². The number of nitrogens with zero attached hydrogens (tertiary/aromatic N) is 3. The molecule has 0 spiro atoms. The number of aromatic nitrogens is 2. The molecule has 0 saturated carbocycles. The molecule has 0 aliphatic carbocycles. The number of sulfonamides is 1. The second-order valence-corrected chi connectivity index (χ2v) is 15.0. The van der Waals surface area contributed by atoms with Gasteiger partial charge in [-0.05, 0) is 61.4 Å². The number of ether oxygens (including phenoxy) is 1. The number of amides is 1. The molecule has 1 amide bonds. The smallest absolute Gasteiger partial charge is 0.264 e. The van der Waals surface area contributed by atoms with E-state index in [0.717, 1.165) is 29.5 Å². The summed E-state index contributed by atoms with van der Waals surface area (Å²) in [7, 11) is -4.10. The van der Waals surface area contributed by atoms with Gasteiger partial charge in [0.15, 0.2) is 0 Å². The molecule has 1 radical (unpaired) electrons. The summed E-state index contributed by atoms with van der Waals surface area (Å²) in [4.78, 5) is 25.1. The number of benzene rings is 2. The first kappa shape index (κ1) is 35.6. The molecular formula is C34H47N4O4SV-. The van der Waals surface area contributed by atoms with Crippen LogP contribution in [0.5, 0.6) is 5.88 Å². The van der Waals surface area contributed by atoms with Crippen molar-refractivity contribution in [1.82, 2.24) is 14.9 Å². The van der Waals surface area contributed by atoms with Crippen LogP contribution >= 0.6 is 0 Å². The van der Waals surface area contributed by atoms with Crippen LogP contribution in [-0.4, -0.2) is 48.4 Å². The molecule has 44 heavy (non-hydrogen) atoms. The van der Waals surface area contributed by atoms with E-state index in [1.807, 2.05) is 36.9 Å². The summed E-state index contributed by atoms with van der Waals surface area (Å²) in [5, 5.41) is 0. The van der Waals surface area contributed by atoms with Gasteiger partial charge >= 0.3 is 0 Å². The van der Waals surface area contributed by atoms with Crippen molar-refractivity contribution in [2.45, 2.75) is 85.6 Å². The minimum atomic E-state index is -4.10. The molecule has 239 valence electrons. The fraction of sp³-hybridized carbons (Fsp3) is 0.471. The normalized spacial score (nSPS) is 17.3. The molecule has 1 N–H and O–H groups in total. The Hall–Kier alpha value is -2.88. The van der Waals surface area contributed by atoms with E-state index < -0.39 is 10.0 Å². The van der Waals surface area contributed by atoms with Gasteiger partial charge in [0.1, 0.15) is 6.61 Å². The Balaban J connectivity index is 0.00000353. The third-order valence-electron chi connectivity index (χ3n) is 7.65. The summed E-state index contributed by atoms with van der Waals surface area (Å²) >= 11 is 0. The number of hydrogen-bond acceptors (Lipinski definition) is 6. The van der Waals surface area contributed by atoms with E-state index in [1.165, 1.54) is 18.1 Å². The number of carbonyl (C=O) groups is 1. The number of fused-ring (bicyclic) bond motifs is 4. The maximum atomic E-state index is 14.2. The number of rotatable bonds is 7. The predicted octanol–water partition coefficient (Wildman–Crippen LogP) is 7.47. The maximum absolute atomic E-state index is 14.2. The molecule has 4 bridgehead atoms. The number of nitrogens with one attached hydrogen (secondary N) is 1. The second kappa shape index (κ2) is 14.5. The van der Waals surface area contributed by atoms with Crippen LogP contribution in [0.15, 0.2) is 53.4 Å². The van der Waals surface area contributed by atoms with Crippen molar-refractivity contribution in [2.75, 3.05) is 17.9 Å². The quantitative estimate of drug-likeness (QED) is 0.264. The number of anilines is 1. The molecule has 8 nitrogen and oxygen atoms in total. The van der Waals surface area contributed by atoms with Crippen molar-refractivity contribution in [2.24, 2.45) is 11.3 Å². The van der Waals surface area contributed by atoms with Gasteiger partial charge in [-0.3, -0.25) is 4.79 Å².